The second kappa shape index (κ2) is 8.65. The lowest BCUT2D eigenvalue weighted by atomic mass is 9.66. The fourth-order valence-electron chi connectivity index (χ4n) is 6.41. The van der Waals surface area contributed by atoms with Crippen molar-refractivity contribution in [3.8, 4) is 12.1 Å². The fraction of sp³-hybridized carbons (Fsp3) is 0.556. The molecular formula is C27H33N7. The Labute approximate surface area is 202 Å². The summed E-state index contributed by atoms with van der Waals surface area (Å²) in [7, 11) is 4.41. The minimum atomic E-state index is -0.209. The van der Waals surface area contributed by atoms with Crippen LogP contribution in [0.25, 0.3) is 0 Å². The van der Waals surface area contributed by atoms with Gasteiger partial charge in [-0.2, -0.15) is 10.5 Å². The molecule has 0 bridgehead atoms. The van der Waals surface area contributed by atoms with Crippen LogP contribution in [0.2, 0.25) is 0 Å². The molecule has 176 valence electrons. The van der Waals surface area contributed by atoms with Gasteiger partial charge < -0.3 is 4.90 Å². The Morgan fingerprint density at radius 3 is 2.18 bits per heavy atom. The summed E-state index contributed by atoms with van der Waals surface area (Å²) >= 11 is 0. The highest BCUT2D eigenvalue weighted by Crippen LogP contribution is 2.51. The van der Waals surface area contributed by atoms with Crippen molar-refractivity contribution in [2.24, 2.45) is 5.41 Å². The van der Waals surface area contributed by atoms with E-state index in [1.165, 1.54) is 5.56 Å². The zero-order valence-corrected chi connectivity index (χ0v) is 20.2. The first-order valence-corrected chi connectivity index (χ1v) is 12.3. The van der Waals surface area contributed by atoms with Crippen LogP contribution in [-0.4, -0.2) is 59.2 Å². The van der Waals surface area contributed by atoms with Gasteiger partial charge in [0.15, 0.2) is 0 Å². The number of rotatable bonds is 5. The van der Waals surface area contributed by atoms with Crippen molar-refractivity contribution in [1.82, 2.24) is 19.8 Å². The van der Waals surface area contributed by atoms with Crippen LogP contribution in [0.4, 0.5) is 5.69 Å². The maximum atomic E-state index is 9.98. The van der Waals surface area contributed by atoms with E-state index in [2.05, 4.69) is 75.2 Å². The molecular weight excluding hydrogens is 422 g/mol. The van der Waals surface area contributed by atoms with Gasteiger partial charge >= 0.3 is 0 Å². The number of hydrogen-bond acceptors (Lipinski definition) is 7. The molecule has 0 unspecified atom stereocenters. The van der Waals surface area contributed by atoms with Gasteiger partial charge in [-0.3, -0.25) is 9.80 Å². The average molecular weight is 456 g/mol. The third-order valence-electron chi connectivity index (χ3n) is 8.82. The van der Waals surface area contributed by atoms with Crippen molar-refractivity contribution in [2.45, 2.75) is 56.0 Å². The molecule has 2 aliphatic carbocycles. The molecule has 3 aliphatic rings. The van der Waals surface area contributed by atoms with Gasteiger partial charge in [0.1, 0.15) is 6.07 Å². The van der Waals surface area contributed by atoms with Crippen molar-refractivity contribution in [2.75, 3.05) is 38.8 Å². The molecule has 0 atom stereocenters. The summed E-state index contributed by atoms with van der Waals surface area (Å²) in [6.07, 6.45) is 11.0. The number of nitriles is 2. The van der Waals surface area contributed by atoms with Crippen LogP contribution in [0, 0.1) is 28.1 Å². The van der Waals surface area contributed by atoms with E-state index in [0.717, 1.165) is 70.4 Å². The molecule has 34 heavy (non-hydrogen) atoms. The first-order chi connectivity index (χ1) is 16.4. The number of nitrogens with zero attached hydrogens (tertiary/aromatic N) is 7. The zero-order chi connectivity index (χ0) is 23.8. The number of aromatic nitrogens is 2. The third-order valence-corrected chi connectivity index (χ3v) is 8.82. The van der Waals surface area contributed by atoms with E-state index in [1.54, 1.807) is 12.4 Å². The maximum Gasteiger partial charge on any atom is 0.232 e. The van der Waals surface area contributed by atoms with Crippen LogP contribution in [0.5, 0.6) is 0 Å². The SMILES string of the molecule is CN(C)C1(c2ccccc2)CCC2(CC1)CN(c1cnc(C#N)nc1)CN2CC1(C#N)CCC1. The molecule has 2 saturated carbocycles. The molecule has 1 aliphatic heterocycles. The molecule has 1 aromatic heterocycles. The molecule has 3 fully saturated rings. The van der Waals surface area contributed by atoms with E-state index in [0.29, 0.717) is 0 Å². The summed E-state index contributed by atoms with van der Waals surface area (Å²) in [6, 6.07) is 15.6. The van der Waals surface area contributed by atoms with Gasteiger partial charge in [0, 0.05) is 24.2 Å². The van der Waals surface area contributed by atoms with E-state index in [9.17, 15) is 5.26 Å². The van der Waals surface area contributed by atoms with Gasteiger partial charge in [0.05, 0.1) is 36.2 Å². The molecule has 1 aromatic carbocycles. The molecule has 7 nitrogen and oxygen atoms in total. The molecule has 2 heterocycles. The quantitative estimate of drug-likeness (QED) is 0.676. The molecule has 5 rings (SSSR count). The monoisotopic (exact) mass is 455 g/mol. The molecule has 0 N–H and O–H groups in total. The van der Waals surface area contributed by atoms with Crippen molar-refractivity contribution < 1.29 is 0 Å². The molecule has 1 spiro atoms. The van der Waals surface area contributed by atoms with Gasteiger partial charge in [-0.15, -0.1) is 0 Å². The Bertz CT molecular complexity index is 1080. The van der Waals surface area contributed by atoms with E-state index in [4.69, 9.17) is 5.26 Å². The summed E-state index contributed by atoms with van der Waals surface area (Å²) in [5, 5.41) is 19.1. The normalized spacial score (nSPS) is 28.4. The summed E-state index contributed by atoms with van der Waals surface area (Å²) in [5.74, 6) is 0.198. The fourth-order valence-corrected chi connectivity index (χ4v) is 6.41. The first-order valence-electron chi connectivity index (χ1n) is 12.3. The van der Waals surface area contributed by atoms with Crippen LogP contribution in [-0.2, 0) is 5.54 Å². The standard InChI is InChI=1S/C27H33N7/c1-32(2)27(22-7-4-3-5-8-22)13-11-26(12-14-27)20-33(23-16-30-24(15-28)31-17-23)21-34(26)19-25(18-29)9-6-10-25/h3-5,7-8,16-17H,6,9-14,19-21H2,1-2H3. The molecule has 0 amide bonds. The lowest BCUT2D eigenvalue weighted by molar-refractivity contribution is -0.00588. The van der Waals surface area contributed by atoms with E-state index < -0.39 is 0 Å². The molecule has 7 heteroatoms. The minimum absolute atomic E-state index is 0.0294. The van der Waals surface area contributed by atoms with Crippen LogP contribution in [0.1, 0.15) is 56.3 Å². The zero-order valence-electron chi connectivity index (χ0n) is 20.2. The summed E-state index contributed by atoms with van der Waals surface area (Å²) in [6.45, 7) is 2.51. The van der Waals surface area contributed by atoms with Crippen LogP contribution < -0.4 is 4.90 Å². The van der Waals surface area contributed by atoms with Crippen LogP contribution >= 0.6 is 0 Å². The largest absolute Gasteiger partial charge is 0.354 e. The topological polar surface area (TPSA) is 83.1 Å². The number of benzene rings is 1. The first kappa shape index (κ1) is 22.8. The van der Waals surface area contributed by atoms with E-state index in [1.807, 2.05) is 6.07 Å². The summed E-state index contributed by atoms with van der Waals surface area (Å²) in [5.41, 5.74) is 2.20. The Kier molecular flexibility index (Phi) is 5.80. The van der Waals surface area contributed by atoms with E-state index >= 15 is 0 Å². The molecule has 0 radical (unpaired) electrons. The molecule has 1 saturated heterocycles. The van der Waals surface area contributed by atoms with Gasteiger partial charge in [0.2, 0.25) is 5.82 Å². The second-order valence-corrected chi connectivity index (χ2v) is 10.7. The predicted octanol–water partition coefficient (Wildman–Crippen LogP) is 3.89. The van der Waals surface area contributed by atoms with Crippen molar-refractivity contribution in [3.05, 3.63) is 54.1 Å². The van der Waals surface area contributed by atoms with Gasteiger partial charge in [-0.1, -0.05) is 36.8 Å². The Morgan fingerprint density at radius 1 is 0.971 bits per heavy atom. The Balaban J connectivity index is 1.43. The smallest absolute Gasteiger partial charge is 0.232 e. The maximum absolute atomic E-state index is 9.98. The van der Waals surface area contributed by atoms with E-state index in [-0.39, 0.29) is 22.3 Å². The van der Waals surface area contributed by atoms with Crippen molar-refractivity contribution in [3.63, 3.8) is 0 Å². The summed E-state index contributed by atoms with van der Waals surface area (Å²) in [4.78, 5) is 15.8. The highest BCUT2D eigenvalue weighted by molar-refractivity contribution is 5.45. The number of hydrogen-bond donors (Lipinski definition) is 0. The highest BCUT2D eigenvalue weighted by atomic mass is 15.4. The lowest BCUT2D eigenvalue weighted by Gasteiger charge is -2.52. The summed E-state index contributed by atoms with van der Waals surface area (Å²) < 4.78 is 0. The van der Waals surface area contributed by atoms with Crippen LogP contribution in [0.3, 0.4) is 0 Å². The van der Waals surface area contributed by atoms with Crippen LogP contribution in [0.15, 0.2) is 42.7 Å². The average Bonchev–Trinajstić information content (AvgIpc) is 3.19. The van der Waals surface area contributed by atoms with Gasteiger partial charge in [-0.25, -0.2) is 9.97 Å². The van der Waals surface area contributed by atoms with Crippen molar-refractivity contribution >= 4 is 5.69 Å². The highest BCUT2D eigenvalue weighted by Gasteiger charge is 2.54. The second-order valence-electron chi connectivity index (χ2n) is 10.7. The third kappa shape index (κ3) is 3.74. The molecule has 2 aromatic rings. The lowest BCUT2D eigenvalue weighted by Crippen LogP contribution is -2.57. The Morgan fingerprint density at radius 2 is 1.65 bits per heavy atom. The van der Waals surface area contributed by atoms with Gasteiger partial charge in [-0.05, 0) is 58.2 Å². The predicted molar refractivity (Wildman–Crippen MR) is 131 cm³/mol. The van der Waals surface area contributed by atoms with Gasteiger partial charge in [0.25, 0.3) is 0 Å². The van der Waals surface area contributed by atoms with Crippen molar-refractivity contribution in [1.29, 1.82) is 10.5 Å². The minimum Gasteiger partial charge on any atom is -0.354 e. The number of anilines is 1. The Hall–Kier alpha value is -3.00.